The maximum absolute atomic E-state index is 13.5. The molecule has 1 atom stereocenters. The first-order chi connectivity index (χ1) is 22.0. The Labute approximate surface area is 271 Å². The van der Waals surface area contributed by atoms with Crippen molar-refractivity contribution in [2.75, 3.05) is 6.61 Å². The Bertz CT molecular complexity index is 1710. The first-order valence-corrected chi connectivity index (χ1v) is 15.7. The molecule has 1 unspecified atom stereocenters. The fraction of sp³-hybridized carbons (Fsp3) is 0.158. The average Bonchev–Trinajstić information content (AvgIpc) is 3.06. The smallest absolute Gasteiger partial charge is 0.305 e. The SMILES string of the molecule is O=C(O)CC(NC(=O)c1cc(Br)ccc1OCCCCc1ccccc1)c1ccc(-c2ccccc2Oc2ccccc2)cc1. The van der Waals surface area contributed by atoms with Gasteiger partial charge in [0.05, 0.1) is 24.6 Å². The monoisotopic (exact) mass is 663 g/mol. The number of rotatable bonds is 14. The normalized spacial score (nSPS) is 11.4. The number of carboxylic acids is 1. The molecule has 0 aliphatic carbocycles. The van der Waals surface area contributed by atoms with Crippen LogP contribution in [0.2, 0.25) is 0 Å². The fourth-order valence-corrected chi connectivity index (χ4v) is 5.39. The van der Waals surface area contributed by atoms with Crippen molar-refractivity contribution in [2.24, 2.45) is 0 Å². The number of carbonyl (C=O) groups is 2. The zero-order valence-corrected chi connectivity index (χ0v) is 26.3. The highest BCUT2D eigenvalue weighted by Crippen LogP contribution is 2.34. The van der Waals surface area contributed by atoms with Gasteiger partial charge in [0, 0.05) is 10.0 Å². The predicted octanol–water partition coefficient (Wildman–Crippen LogP) is 9.26. The highest BCUT2D eigenvalue weighted by molar-refractivity contribution is 9.10. The third kappa shape index (κ3) is 9.06. The molecule has 0 aliphatic heterocycles. The summed E-state index contributed by atoms with van der Waals surface area (Å²) in [4.78, 5) is 25.4. The molecule has 228 valence electrons. The lowest BCUT2D eigenvalue weighted by Gasteiger charge is -2.20. The van der Waals surface area contributed by atoms with Crippen molar-refractivity contribution in [1.29, 1.82) is 0 Å². The Kier molecular flexibility index (Phi) is 11.0. The van der Waals surface area contributed by atoms with Crippen LogP contribution in [0.1, 0.15) is 46.8 Å². The van der Waals surface area contributed by atoms with Crippen LogP contribution in [0, 0.1) is 0 Å². The summed E-state index contributed by atoms with van der Waals surface area (Å²) >= 11 is 3.45. The molecule has 0 saturated heterocycles. The van der Waals surface area contributed by atoms with E-state index in [0.717, 1.165) is 40.6 Å². The Morgan fingerprint density at radius 2 is 1.44 bits per heavy atom. The van der Waals surface area contributed by atoms with Gasteiger partial charge in [0.1, 0.15) is 17.2 Å². The third-order valence-electron chi connectivity index (χ3n) is 7.31. The summed E-state index contributed by atoms with van der Waals surface area (Å²) in [5.74, 6) is 0.459. The second-order valence-electron chi connectivity index (χ2n) is 10.6. The second-order valence-corrected chi connectivity index (χ2v) is 11.5. The molecular weight excluding hydrogens is 630 g/mol. The van der Waals surface area contributed by atoms with Gasteiger partial charge < -0.3 is 19.9 Å². The number of carbonyl (C=O) groups excluding carboxylic acids is 1. The van der Waals surface area contributed by atoms with Crippen molar-refractivity contribution in [3.05, 3.63) is 149 Å². The highest BCUT2D eigenvalue weighted by atomic mass is 79.9. The lowest BCUT2D eigenvalue weighted by atomic mass is 9.98. The fourth-order valence-electron chi connectivity index (χ4n) is 5.03. The maximum Gasteiger partial charge on any atom is 0.305 e. The molecule has 0 aromatic heterocycles. The van der Waals surface area contributed by atoms with Crippen LogP contribution >= 0.6 is 15.9 Å². The number of aliphatic carboxylic acids is 1. The predicted molar refractivity (Wildman–Crippen MR) is 180 cm³/mol. The van der Waals surface area contributed by atoms with Crippen molar-refractivity contribution in [3.63, 3.8) is 0 Å². The van der Waals surface area contributed by atoms with Crippen LogP contribution in [0.25, 0.3) is 11.1 Å². The van der Waals surface area contributed by atoms with Crippen molar-refractivity contribution < 1.29 is 24.2 Å². The van der Waals surface area contributed by atoms with E-state index in [1.807, 2.05) is 103 Å². The number of carboxylic acid groups (broad SMARTS) is 1. The summed E-state index contributed by atoms with van der Waals surface area (Å²) in [6.07, 6.45) is 2.47. The number of benzene rings is 5. The van der Waals surface area contributed by atoms with E-state index in [0.29, 0.717) is 29.2 Å². The average molecular weight is 665 g/mol. The van der Waals surface area contributed by atoms with Gasteiger partial charge in [-0.25, -0.2) is 0 Å². The van der Waals surface area contributed by atoms with Crippen LogP contribution in [0.3, 0.4) is 0 Å². The van der Waals surface area contributed by atoms with E-state index in [1.54, 1.807) is 12.1 Å². The Hall–Kier alpha value is -4.88. The zero-order chi connectivity index (χ0) is 31.4. The van der Waals surface area contributed by atoms with Gasteiger partial charge in [-0.2, -0.15) is 0 Å². The van der Waals surface area contributed by atoms with E-state index in [-0.39, 0.29) is 6.42 Å². The topological polar surface area (TPSA) is 84.9 Å². The summed E-state index contributed by atoms with van der Waals surface area (Å²) in [6, 6.07) is 39.6. The number of aryl methyl sites for hydroxylation is 1. The molecule has 0 radical (unpaired) electrons. The quantitative estimate of drug-likeness (QED) is 0.116. The van der Waals surface area contributed by atoms with Gasteiger partial charge in [0.25, 0.3) is 5.91 Å². The largest absolute Gasteiger partial charge is 0.493 e. The summed E-state index contributed by atoms with van der Waals surface area (Å²) in [5, 5.41) is 12.6. The van der Waals surface area contributed by atoms with Crippen LogP contribution in [-0.2, 0) is 11.2 Å². The molecule has 45 heavy (non-hydrogen) atoms. The lowest BCUT2D eigenvalue weighted by Crippen LogP contribution is -2.30. The molecule has 7 heteroatoms. The summed E-state index contributed by atoms with van der Waals surface area (Å²) in [7, 11) is 0. The second kappa shape index (κ2) is 15.7. The molecule has 2 N–H and O–H groups in total. The number of amides is 1. The van der Waals surface area contributed by atoms with Gasteiger partial charge in [-0.3, -0.25) is 9.59 Å². The summed E-state index contributed by atoms with van der Waals surface area (Å²) in [6.45, 7) is 0.463. The molecule has 0 aliphatic rings. The maximum atomic E-state index is 13.5. The van der Waals surface area contributed by atoms with E-state index in [9.17, 15) is 14.7 Å². The minimum atomic E-state index is -1.02. The van der Waals surface area contributed by atoms with Gasteiger partial charge in [-0.15, -0.1) is 0 Å². The minimum absolute atomic E-state index is 0.275. The molecule has 6 nitrogen and oxygen atoms in total. The van der Waals surface area contributed by atoms with Crippen LogP contribution in [0.4, 0.5) is 0 Å². The molecule has 5 aromatic carbocycles. The van der Waals surface area contributed by atoms with E-state index in [1.165, 1.54) is 5.56 Å². The van der Waals surface area contributed by atoms with Gasteiger partial charge in [-0.05, 0) is 72.4 Å². The number of nitrogens with one attached hydrogen (secondary N) is 1. The Morgan fingerprint density at radius 3 is 2.18 bits per heavy atom. The molecule has 0 fully saturated rings. The van der Waals surface area contributed by atoms with E-state index in [4.69, 9.17) is 9.47 Å². The zero-order valence-electron chi connectivity index (χ0n) is 24.7. The van der Waals surface area contributed by atoms with Crippen LogP contribution < -0.4 is 14.8 Å². The lowest BCUT2D eigenvalue weighted by molar-refractivity contribution is -0.137. The third-order valence-corrected chi connectivity index (χ3v) is 7.81. The number of hydrogen-bond acceptors (Lipinski definition) is 4. The molecule has 1 amide bonds. The number of para-hydroxylation sites is 2. The number of unbranched alkanes of at least 4 members (excludes halogenated alkanes) is 1. The van der Waals surface area contributed by atoms with Gasteiger partial charge in [0.15, 0.2) is 0 Å². The van der Waals surface area contributed by atoms with Gasteiger partial charge in [-0.1, -0.05) is 107 Å². The van der Waals surface area contributed by atoms with E-state index < -0.39 is 17.9 Å². The molecule has 5 rings (SSSR count). The van der Waals surface area contributed by atoms with Gasteiger partial charge >= 0.3 is 5.97 Å². The molecule has 0 heterocycles. The van der Waals surface area contributed by atoms with Gasteiger partial charge in [0.2, 0.25) is 0 Å². The van der Waals surface area contributed by atoms with Crippen LogP contribution in [-0.4, -0.2) is 23.6 Å². The number of hydrogen-bond donors (Lipinski definition) is 2. The van der Waals surface area contributed by atoms with E-state index >= 15 is 0 Å². The standard InChI is InChI=1S/C38H34BrNO5/c39-30-22-23-35(44-24-10-9-13-27-11-3-1-4-12-27)33(25-30)38(43)40-34(26-37(41)42)29-20-18-28(19-21-29)32-16-7-8-17-36(32)45-31-14-5-2-6-15-31/h1-8,11-12,14-23,25,34H,9-10,13,24,26H2,(H,40,43)(H,41,42). The minimum Gasteiger partial charge on any atom is -0.493 e. The van der Waals surface area contributed by atoms with Crippen molar-refractivity contribution in [3.8, 4) is 28.4 Å². The summed E-state index contributed by atoms with van der Waals surface area (Å²) < 4.78 is 12.9. The number of halogens is 1. The number of ether oxygens (including phenoxy) is 2. The van der Waals surface area contributed by atoms with Crippen LogP contribution in [0.15, 0.2) is 132 Å². The van der Waals surface area contributed by atoms with E-state index in [2.05, 4.69) is 33.4 Å². The first-order valence-electron chi connectivity index (χ1n) is 14.9. The Balaban J connectivity index is 1.28. The molecule has 5 aromatic rings. The molecule has 0 saturated carbocycles. The molecular formula is C38H34BrNO5. The summed E-state index contributed by atoms with van der Waals surface area (Å²) in [5.41, 5.74) is 4.09. The van der Waals surface area contributed by atoms with Crippen molar-refractivity contribution in [2.45, 2.75) is 31.7 Å². The van der Waals surface area contributed by atoms with Crippen LogP contribution in [0.5, 0.6) is 17.2 Å². The molecule has 0 bridgehead atoms. The highest BCUT2D eigenvalue weighted by Gasteiger charge is 2.22. The van der Waals surface area contributed by atoms with Crippen molar-refractivity contribution >= 4 is 27.8 Å². The molecule has 0 spiro atoms. The van der Waals surface area contributed by atoms with Crippen molar-refractivity contribution in [1.82, 2.24) is 5.32 Å². The Morgan fingerprint density at radius 1 is 0.756 bits per heavy atom. The first kappa shape index (κ1) is 31.5.